The molecule has 6 unspecified atom stereocenters. The smallest absolute Gasteiger partial charge is 0.0923 e. The molecule has 0 aromatic carbocycles. The Labute approximate surface area is 306 Å². The monoisotopic (exact) mass is 697 g/mol. The van der Waals surface area contributed by atoms with Crippen molar-refractivity contribution in [1.29, 1.82) is 0 Å². The summed E-state index contributed by atoms with van der Waals surface area (Å²) in [6.45, 7) is 31.0. The van der Waals surface area contributed by atoms with Crippen LogP contribution in [0.5, 0.6) is 0 Å². The van der Waals surface area contributed by atoms with Crippen molar-refractivity contribution >= 4 is 0 Å². The molecule has 6 heteroatoms. The Bertz CT molecular complexity index is 1320. The second-order valence-electron chi connectivity index (χ2n) is 22.4. The van der Waals surface area contributed by atoms with E-state index in [1.807, 2.05) is 13.8 Å². The molecule has 7 saturated carbocycles. The van der Waals surface area contributed by atoms with Gasteiger partial charge in [-0.3, -0.25) is 4.90 Å². The Balaban J connectivity index is 0.000000107. The zero-order valence-corrected chi connectivity index (χ0v) is 34.1. The fraction of sp³-hybridized carbons (Fsp3) is 0.955. The highest BCUT2D eigenvalue weighted by atomic mass is 16.6. The van der Waals surface area contributed by atoms with Crippen molar-refractivity contribution in [1.82, 2.24) is 4.90 Å². The van der Waals surface area contributed by atoms with Crippen LogP contribution in [0.3, 0.4) is 0 Å². The van der Waals surface area contributed by atoms with Crippen molar-refractivity contribution in [3.63, 3.8) is 0 Å². The predicted octanol–water partition coefficient (Wildman–Crippen LogP) is 7.84. The van der Waals surface area contributed by atoms with Gasteiger partial charge in [0.15, 0.2) is 0 Å². The number of aliphatic hydroxyl groups is 2. The van der Waals surface area contributed by atoms with Gasteiger partial charge in [0.25, 0.3) is 0 Å². The van der Waals surface area contributed by atoms with Gasteiger partial charge in [0, 0.05) is 25.2 Å². The van der Waals surface area contributed by atoms with Gasteiger partial charge in [-0.15, -0.1) is 0 Å². The summed E-state index contributed by atoms with van der Waals surface area (Å²) in [4.78, 5) is 2.45. The average Bonchev–Trinajstić information content (AvgIpc) is 4.00. The molecule has 2 heterocycles. The number of nitrogens with two attached hydrogens (primary N) is 1. The van der Waals surface area contributed by atoms with E-state index in [-0.39, 0.29) is 6.04 Å². The predicted molar refractivity (Wildman–Crippen MR) is 202 cm³/mol. The van der Waals surface area contributed by atoms with Crippen LogP contribution in [0.25, 0.3) is 0 Å². The minimum Gasteiger partial charge on any atom is -0.389 e. The Kier molecular flexibility index (Phi) is 9.07. The Morgan fingerprint density at radius 2 is 1.14 bits per heavy atom. The molecule has 10 rings (SSSR count). The molecule has 50 heavy (non-hydrogen) atoms. The molecule has 0 radical (unpaired) electrons. The summed E-state index contributed by atoms with van der Waals surface area (Å²) in [6, 6.07) is 0.329. The molecular weight excluding hydrogens is 620 g/mol. The molecule has 4 N–H and O–H groups in total. The summed E-state index contributed by atoms with van der Waals surface area (Å²) in [5.74, 6) is 7.08. The zero-order valence-electron chi connectivity index (χ0n) is 34.1. The van der Waals surface area contributed by atoms with Crippen LogP contribution in [0.4, 0.5) is 0 Å². The first-order valence-corrected chi connectivity index (χ1v) is 20.8. The van der Waals surface area contributed by atoms with Crippen LogP contribution in [0.15, 0.2) is 11.6 Å². The van der Waals surface area contributed by atoms with Gasteiger partial charge in [0.2, 0.25) is 0 Å². The van der Waals surface area contributed by atoms with Gasteiger partial charge < -0.3 is 25.4 Å². The highest BCUT2D eigenvalue weighted by Crippen LogP contribution is 2.71. The Morgan fingerprint density at radius 1 is 0.640 bits per heavy atom. The molecule has 8 aliphatic carbocycles. The summed E-state index contributed by atoms with van der Waals surface area (Å²) in [5.41, 5.74) is 8.94. The number of hydrogen-bond donors (Lipinski definition) is 3. The quantitative estimate of drug-likeness (QED) is 0.191. The lowest BCUT2D eigenvalue weighted by molar-refractivity contribution is -0.0890. The normalized spacial score (nSPS) is 52.7. The molecule has 10 aliphatic rings. The summed E-state index contributed by atoms with van der Waals surface area (Å²) in [6.07, 6.45) is 12.5. The first-order valence-electron chi connectivity index (χ1n) is 20.8. The molecular formula is C44H76N2O4. The fourth-order valence-electron chi connectivity index (χ4n) is 12.7. The fourth-order valence-corrected chi connectivity index (χ4v) is 12.7. The Morgan fingerprint density at radius 3 is 1.66 bits per heavy atom. The number of rotatable bonds is 1. The van der Waals surface area contributed by atoms with Crippen LogP contribution >= 0.6 is 0 Å². The van der Waals surface area contributed by atoms with Crippen molar-refractivity contribution in [2.24, 2.45) is 74.7 Å². The first-order chi connectivity index (χ1) is 22.9. The van der Waals surface area contributed by atoms with E-state index in [4.69, 9.17) is 15.2 Å². The number of ether oxygens (including phenoxy) is 2. The maximum absolute atomic E-state index is 10.7. The average molecular weight is 697 g/mol. The lowest BCUT2D eigenvalue weighted by Gasteiger charge is -2.45. The number of epoxide rings is 1. The van der Waals surface area contributed by atoms with E-state index in [1.165, 1.54) is 32.1 Å². The number of allylic oxidation sites excluding steroid dienone is 2. The molecule has 0 aromatic rings. The van der Waals surface area contributed by atoms with Gasteiger partial charge in [-0.25, -0.2) is 0 Å². The number of nitrogens with zero attached hydrogens (tertiary/aromatic N) is 1. The summed E-state index contributed by atoms with van der Waals surface area (Å²) in [5, 5.41) is 20.7. The van der Waals surface area contributed by atoms with Crippen molar-refractivity contribution in [3.05, 3.63) is 11.6 Å². The van der Waals surface area contributed by atoms with Crippen molar-refractivity contribution in [2.75, 3.05) is 26.3 Å². The first kappa shape index (κ1) is 37.8. The lowest BCUT2D eigenvalue weighted by atomic mass is 9.80. The summed E-state index contributed by atoms with van der Waals surface area (Å²) < 4.78 is 11.1. The van der Waals surface area contributed by atoms with Crippen LogP contribution in [0, 0.1) is 69.0 Å². The van der Waals surface area contributed by atoms with E-state index in [1.54, 1.807) is 5.57 Å². The maximum Gasteiger partial charge on any atom is 0.0923 e. The molecule has 0 amide bonds. The lowest BCUT2D eigenvalue weighted by Crippen LogP contribution is -2.56. The van der Waals surface area contributed by atoms with E-state index in [2.05, 4.69) is 80.2 Å². The molecule has 14 atom stereocenters. The van der Waals surface area contributed by atoms with Gasteiger partial charge in [-0.2, -0.15) is 0 Å². The van der Waals surface area contributed by atoms with E-state index >= 15 is 0 Å². The summed E-state index contributed by atoms with van der Waals surface area (Å²) >= 11 is 0. The van der Waals surface area contributed by atoms with E-state index in [0.717, 1.165) is 87.0 Å². The van der Waals surface area contributed by atoms with Crippen molar-refractivity contribution in [2.45, 2.75) is 169 Å². The van der Waals surface area contributed by atoms with Gasteiger partial charge in [0.1, 0.15) is 0 Å². The SMILES string of the molecule is CC1(O)C[C@H]2[C@@H](CC1N)C2(C)C.CC1(O)C[C@H]2[C@@H](CC1N1CCOCC1)C2(C)C.CC12C[C@H]3[C@@H](CC1O2)C3(C)C.CC1=CC[C@@H]2[C@H](C1)C2(C)C. The molecule has 6 nitrogen and oxygen atoms in total. The van der Waals surface area contributed by atoms with Crippen LogP contribution in [0.2, 0.25) is 0 Å². The van der Waals surface area contributed by atoms with E-state index < -0.39 is 11.2 Å². The van der Waals surface area contributed by atoms with Crippen LogP contribution in [-0.2, 0) is 9.47 Å². The van der Waals surface area contributed by atoms with E-state index in [9.17, 15) is 10.2 Å². The van der Waals surface area contributed by atoms with Gasteiger partial charge in [-0.1, -0.05) is 67.0 Å². The second kappa shape index (κ2) is 12.0. The van der Waals surface area contributed by atoms with Gasteiger partial charge in [0.05, 0.1) is 36.1 Å². The minimum absolute atomic E-state index is 0.0134. The number of hydrogen-bond acceptors (Lipinski definition) is 6. The van der Waals surface area contributed by atoms with Gasteiger partial charge >= 0.3 is 0 Å². The highest BCUT2D eigenvalue weighted by molar-refractivity contribution is 5.20. The zero-order chi connectivity index (χ0) is 36.6. The molecule has 286 valence electrons. The molecule has 0 bridgehead atoms. The van der Waals surface area contributed by atoms with Crippen LogP contribution in [0.1, 0.15) is 134 Å². The maximum atomic E-state index is 10.7. The largest absolute Gasteiger partial charge is 0.389 e. The third-order valence-corrected chi connectivity index (χ3v) is 17.8. The highest BCUT2D eigenvalue weighted by Gasteiger charge is 2.70. The second-order valence-corrected chi connectivity index (χ2v) is 22.4. The topological polar surface area (TPSA) is 91.5 Å². The van der Waals surface area contributed by atoms with Crippen molar-refractivity contribution < 1.29 is 19.7 Å². The van der Waals surface area contributed by atoms with Gasteiger partial charge in [-0.05, 0) is 148 Å². The molecule has 0 aromatic heterocycles. The van der Waals surface area contributed by atoms with Crippen molar-refractivity contribution in [3.8, 4) is 0 Å². The third kappa shape index (κ3) is 6.63. The summed E-state index contributed by atoms with van der Waals surface area (Å²) in [7, 11) is 0. The van der Waals surface area contributed by atoms with E-state index in [0.29, 0.717) is 45.3 Å². The third-order valence-electron chi connectivity index (χ3n) is 17.8. The molecule has 0 spiro atoms. The minimum atomic E-state index is -0.616. The Hall–Kier alpha value is -0.500. The molecule has 9 fully saturated rings. The van der Waals surface area contributed by atoms with Crippen LogP contribution in [-0.4, -0.2) is 76.4 Å². The number of fused-ring (bicyclic) bond motifs is 5. The standard InChI is InChI=1S/C14H25NO2.C10H19NO.C10H16O.C10H16/c1-13(2)10-8-12(14(3,16)9-11(10)13)15-4-6-17-7-5-15;1-9(2)6-4-8(11)10(3,12)5-7(6)9;1-9(2)6-4-8-10(3,11-8)5-7(6)9;1-7-4-5-8-9(6-7)10(8,2)3/h10-12,16H,4-9H2,1-3H3;6-8,12H,4-5,11H2,1-3H3;6-8H,4-5H2,1-3H3;4,8-9H,5-6H2,1-3H3/t10-,11+,12?,14?;2*6-,7+,8?,10?;8-,9+/m1111/s1. The molecule has 2 saturated heterocycles. The number of morpholine rings is 1. The molecule has 2 aliphatic heterocycles. The van der Waals surface area contributed by atoms with Crippen LogP contribution < -0.4 is 5.73 Å².